The van der Waals surface area contributed by atoms with Gasteiger partial charge in [-0.3, -0.25) is 4.79 Å². The smallest absolute Gasteiger partial charge is 0.230 e. The maximum Gasteiger partial charge on any atom is 0.230 e. The molecule has 0 saturated carbocycles. The molecule has 1 aromatic carbocycles. The van der Waals surface area contributed by atoms with Gasteiger partial charge >= 0.3 is 0 Å². The second kappa shape index (κ2) is 7.59. The molecule has 1 aromatic heterocycles. The molecule has 0 aliphatic heterocycles. The summed E-state index contributed by atoms with van der Waals surface area (Å²) in [5, 5.41) is 3.64. The summed E-state index contributed by atoms with van der Waals surface area (Å²) in [4.78, 5) is 20.7. The normalized spacial score (nSPS) is 10.7. The molecule has 23 heavy (non-hydrogen) atoms. The van der Waals surface area contributed by atoms with Gasteiger partial charge in [0, 0.05) is 17.9 Å². The van der Waals surface area contributed by atoms with E-state index in [9.17, 15) is 4.79 Å². The Balaban J connectivity index is 1.91. The van der Waals surface area contributed by atoms with Crippen molar-refractivity contribution < 1.29 is 4.79 Å². The number of aryl methyl sites for hydroxylation is 5. The van der Waals surface area contributed by atoms with Crippen LogP contribution in [0.3, 0.4) is 0 Å². The monoisotopic (exact) mass is 329 g/mol. The molecule has 5 heteroatoms. The van der Waals surface area contributed by atoms with Crippen LogP contribution in [0.15, 0.2) is 23.4 Å². The number of benzene rings is 1. The van der Waals surface area contributed by atoms with Gasteiger partial charge in [0.1, 0.15) is 0 Å². The lowest BCUT2D eigenvalue weighted by molar-refractivity contribution is -0.118. The van der Waals surface area contributed by atoms with Crippen LogP contribution in [0.4, 0.5) is 0 Å². The molecule has 1 heterocycles. The Morgan fingerprint density at radius 1 is 1.00 bits per heavy atom. The van der Waals surface area contributed by atoms with Crippen LogP contribution in [0.2, 0.25) is 0 Å². The van der Waals surface area contributed by atoms with Crippen LogP contribution in [0, 0.1) is 34.6 Å². The fraction of sp³-hybridized carbons (Fsp3) is 0.389. The summed E-state index contributed by atoms with van der Waals surface area (Å²) >= 11 is 1.37. The lowest BCUT2D eigenvalue weighted by Gasteiger charge is -2.12. The Morgan fingerprint density at radius 3 is 2.13 bits per heavy atom. The molecule has 2 rings (SSSR count). The number of rotatable bonds is 5. The van der Waals surface area contributed by atoms with Crippen molar-refractivity contribution >= 4 is 17.7 Å². The minimum absolute atomic E-state index is 0.00265. The molecule has 0 bridgehead atoms. The zero-order chi connectivity index (χ0) is 17.0. The van der Waals surface area contributed by atoms with Crippen LogP contribution in [0.1, 0.15) is 33.6 Å². The van der Waals surface area contributed by atoms with Crippen molar-refractivity contribution in [3.05, 3.63) is 51.8 Å². The van der Waals surface area contributed by atoms with Gasteiger partial charge in [0.05, 0.1) is 5.75 Å². The quantitative estimate of drug-likeness (QED) is 0.674. The van der Waals surface area contributed by atoms with Crippen molar-refractivity contribution in [1.29, 1.82) is 0 Å². The van der Waals surface area contributed by atoms with Gasteiger partial charge in [0.25, 0.3) is 0 Å². The number of nitrogens with one attached hydrogen (secondary N) is 1. The van der Waals surface area contributed by atoms with Crippen LogP contribution in [-0.2, 0) is 11.3 Å². The molecule has 0 aliphatic carbocycles. The van der Waals surface area contributed by atoms with E-state index < -0.39 is 0 Å². The third-order valence-electron chi connectivity index (χ3n) is 3.60. The summed E-state index contributed by atoms with van der Waals surface area (Å²) in [5.74, 6) is 0.324. The molecule has 122 valence electrons. The maximum atomic E-state index is 12.1. The average molecular weight is 329 g/mol. The molecule has 1 amide bonds. The summed E-state index contributed by atoms with van der Waals surface area (Å²) in [6.45, 7) is 10.7. The highest BCUT2D eigenvalue weighted by Crippen LogP contribution is 2.17. The van der Waals surface area contributed by atoms with Gasteiger partial charge in [-0.25, -0.2) is 9.97 Å². The minimum atomic E-state index is -0.00265. The molecular weight excluding hydrogens is 306 g/mol. The Labute approximate surface area is 142 Å². The van der Waals surface area contributed by atoms with Crippen LogP contribution < -0.4 is 5.32 Å². The third kappa shape index (κ3) is 5.06. The zero-order valence-corrected chi connectivity index (χ0v) is 15.2. The predicted molar refractivity (Wildman–Crippen MR) is 94.7 cm³/mol. The van der Waals surface area contributed by atoms with E-state index in [4.69, 9.17) is 0 Å². The van der Waals surface area contributed by atoms with E-state index in [0.717, 1.165) is 11.4 Å². The number of amides is 1. The first-order valence-corrected chi connectivity index (χ1v) is 8.62. The second-order valence-corrected chi connectivity index (χ2v) is 6.82. The first-order valence-electron chi connectivity index (χ1n) is 7.63. The van der Waals surface area contributed by atoms with Gasteiger partial charge in [-0.15, -0.1) is 0 Å². The van der Waals surface area contributed by atoms with E-state index in [2.05, 4.69) is 48.2 Å². The summed E-state index contributed by atoms with van der Waals surface area (Å²) in [6.07, 6.45) is 0. The first kappa shape index (κ1) is 17.5. The van der Waals surface area contributed by atoms with E-state index >= 15 is 0 Å². The third-order valence-corrected chi connectivity index (χ3v) is 4.44. The fourth-order valence-corrected chi connectivity index (χ4v) is 3.39. The summed E-state index contributed by atoms with van der Waals surface area (Å²) in [5.41, 5.74) is 6.72. The van der Waals surface area contributed by atoms with Gasteiger partial charge in [-0.1, -0.05) is 29.5 Å². The van der Waals surface area contributed by atoms with Gasteiger partial charge in [-0.05, 0) is 57.4 Å². The van der Waals surface area contributed by atoms with Crippen molar-refractivity contribution in [1.82, 2.24) is 15.3 Å². The van der Waals surface area contributed by atoms with E-state index in [1.54, 1.807) is 0 Å². The van der Waals surface area contributed by atoms with Crippen molar-refractivity contribution in [3.63, 3.8) is 0 Å². The first-order chi connectivity index (χ1) is 10.8. The van der Waals surface area contributed by atoms with Crippen LogP contribution in [0.25, 0.3) is 0 Å². The van der Waals surface area contributed by atoms with Gasteiger partial charge in [0.2, 0.25) is 5.91 Å². The van der Waals surface area contributed by atoms with Crippen LogP contribution in [0.5, 0.6) is 0 Å². The highest BCUT2D eigenvalue weighted by molar-refractivity contribution is 7.99. The molecule has 0 aliphatic rings. The maximum absolute atomic E-state index is 12.1. The minimum Gasteiger partial charge on any atom is -0.351 e. The van der Waals surface area contributed by atoms with Crippen LogP contribution >= 0.6 is 11.8 Å². The Hall–Kier alpha value is -1.88. The molecule has 4 nitrogen and oxygen atoms in total. The van der Waals surface area contributed by atoms with Gasteiger partial charge < -0.3 is 5.32 Å². The topological polar surface area (TPSA) is 54.9 Å². The second-order valence-electron chi connectivity index (χ2n) is 5.88. The lowest BCUT2D eigenvalue weighted by Crippen LogP contribution is -2.25. The number of thioether (sulfide) groups is 1. The van der Waals surface area contributed by atoms with E-state index in [0.29, 0.717) is 17.5 Å². The Morgan fingerprint density at radius 2 is 1.57 bits per heavy atom. The molecule has 0 unspecified atom stereocenters. The number of nitrogens with zero attached hydrogens (tertiary/aromatic N) is 2. The predicted octanol–water partition coefficient (Wildman–Crippen LogP) is 3.43. The molecule has 0 fully saturated rings. The SMILES string of the molecule is Cc1cc(C)c(CNC(=O)CSc2nc(C)cc(C)n2)c(C)c1. The number of carbonyl (C=O) groups excluding carboxylic acids is 1. The molecular formula is C18H23N3OS. The standard InChI is InChI=1S/C18H23N3OS/c1-11-6-12(2)16(13(3)7-11)9-19-17(22)10-23-18-20-14(4)8-15(5)21-18/h6-8H,9-10H2,1-5H3,(H,19,22). The number of carbonyl (C=O) groups is 1. The number of aromatic nitrogens is 2. The molecule has 0 saturated heterocycles. The van der Waals surface area contributed by atoms with Crippen molar-refractivity contribution in [3.8, 4) is 0 Å². The number of hydrogen-bond acceptors (Lipinski definition) is 4. The van der Waals surface area contributed by atoms with Crippen molar-refractivity contribution in [2.24, 2.45) is 0 Å². The van der Waals surface area contributed by atoms with Crippen LogP contribution in [-0.4, -0.2) is 21.6 Å². The zero-order valence-electron chi connectivity index (χ0n) is 14.4. The van der Waals surface area contributed by atoms with E-state index in [1.165, 1.54) is 34.0 Å². The Bertz CT molecular complexity index is 685. The van der Waals surface area contributed by atoms with Crippen molar-refractivity contribution in [2.75, 3.05) is 5.75 Å². The van der Waals surface area contributed by atoms with Gasteiger partial charge in [0.15, 0.2) is 5.16 Å². The van der Waals surface area contributed by atoms with Crippen molar-refractivity contribution in [2.45, 2.75) is 46.3 Å². The number of hydrogen-bond donors (Lipinski definition) is 1. The molecule has 0 spiro atoms. The molecule has 2 aromatic rings. The highest BCUT2D eigenvalue weighted by atomic mass is 32.2. The fourth-order valence-electron chi connectivity index (χ4n) is 2.61. The molecule has 0 atom stereocenters. The molecule has 1 N–H and O–H groups in total. The largest absolute Gasteiger partial charge is 0.351 e. The Kier molecular flexibility index (Phi) is 5.77. The lowest BCUT2D eigenvalue weighted by atomic mass is 10.00. The van der Waals surface area contributed by atoms with E-state index in [1.807, 2.05) is 19.9 Å². The van der Waals surface area contributed by atoms with Gasteiger partial charge in [-0.2, -0.15) is 0 Å². The average Bonchev–Trinajstić information content (AvgIpc) is 2.43. The van der Waals surface area contributed by atoms with E-state index in [-0.39, 0.29) is 5.91 Å². The molecule has 0 radical (unpaired) electrons. The summed E-state index contributed by atoms with van der Waals surface area (Å²) in [7, 11) is 0. The summed E-state index contributed by atoms with van der Waals surface area (Å²) < 4.78 is 0. The highest BCUT2D eigenvalue weighted by Gasteiger charge is 2.08. The summed E-state index contributed by atoms with van der Waals surface area (Å²) in [6, 6.07) is 6.21.